The number of alkyl halides is 1. The third-order valence-corrected chi connectivity index (χ3v) is 2.40. The van der Waals surface area contributed by atoms with Crippen LogP contribution in [0.2, 0.25) is 0 Å². The average molecular weight is 206 g/mol. The van der Waals surface area contributed by atoms with Crippen LogP contribution in [0.4, 0.5) is 0 Å². The Morgan fingerprint density at radius 2 is 2.38 bits per heavy atom. The Morgan fingerprint density at radius 1 is 1.62 bits per heavy atom. The van der Waals surface area contributed by atoms with E-state index in [9.17, 15) is 4.79 Å². The molecule has 1 amide bonds. The zero-order chi connectivity index (χ0) is 9.68. The second kappa shape index (κ2) is 5.45. The fraction of sp³-hybridized carbons (Fsp3) is 0.889. The van der Waals surface area contributed by atoms with Gasteiger partial charge in [-0.25, -0.2) is 0 Å². The summed E-state index contributed by atoms with van der Waals surface area (Å²) in [4.78, 5) is 11.4. The molecule has 2 atom stereocenters. The Balaban J connectivity index is 2.16. The first-order valence-electron chi connectivity index (χ1n) is 4.73. The van der Waals surface area contributed by atoms with Crippen molar-refractivity contribution >= 4 is 17.5 Å². The largest absolute Gasteiger partial charge is 0.365 e. The molecule has 3 nitrogen and oxygen atoms in total. The number of hydrogen-bond donors (Lipinski definition) is 1. The van der Waals surface area contributed by atoms with Crippen molar-refractivity contribution in [3.05, 3.63) is 0 Å². The molecule has 1 saturated heterocycles. The monoisotopic (exact) mass is 205 g/mol. The van der Waals surface area contributed by atoms with E-state index in [0.717, 1.165) is 19.3 Å². The van der Waals surface area contributed by atoms with E-state index in [1.807, 2.05) is 6.92 Å². The molecule has 1 aliphatic heterocycles. The summed E-state index contributed by atoms with van der Waals surface area (Å²) in [6.45, 7) is 2.64. The molecule has 2 unspecified atom stereocenters. The molecular formula is C9H16ClNO2. The van der Waals surface area contributed by atoms with Gasteiger partial charge in [-0.05, 0) is 26.2 Å². The topological polar surface area (TPSA) is 38.3 Å². The lowest BCUT2D eigenvalue weighted by Gasteiger charge is -2.10. The van der Waals surface area contributed by atoms with Crippen LogP contribution in [0.25, 0.3) is 0 Å². The Kier molecular flexibility index (Phi) is 4.53. The second-order valence-corrected chi connectivity index (χ2v) is 3.72. The van der Waals surface area contributed by atoms with E-state index in [2.05, 4.69) is 5.32 Å². The van der Waals surface area contributed by atoms with Gasteiger partial charge in [0, 0.05) is 12.4 Å². The summed E-state index contributed by atoms with van der Waals surface area (Å²) >= 11 is 5.49. The van der Waals surface area contributed by atoms with Crippen LogP contribution >= 0.6 is 11.6 Å². The molecule has 1 fully saturated rings. The molecule has 76 valence electrons. The zero-order valence-corrected chi connectivity index (χ0v) is 8.64. The Hall–Kier alpha value is -0.280. The number of carbonyl (C=O) groups is 1. The average Bonchev–Trinajstić information content (AvgIpc) is 2.52. The number of amides is 1. The number of nitrogens with one attached hydrogen (secondary N) is 1. The van der Waals surface area contributed by atoms with E-state index >= 15 is 0 Å². The molecule has 1 aliphatic rings. The van der Waals surface area contributed by atoms with Gasteiger partial charge >= 0.3 is 0 Å². The lowest BCUT2D eigenvalue weighted by molar-refractivity contribution is -0.131. The van der Waals surface area contributed by atoms with E-state index in [4.69, 9.17) is 16.3 Å². The molecule has 0 spiro atoms. The van der Waals surface area contributed by atoms with Gasteiger partial charge in [-0.1, -0.05) is 0 Å². The molecule has 0 aliphatic carbocycles. The van der Waals surface area contributed by atoms with Gasteiger partial charge in [-0.3, -0.25) is 4.79 Å². The fourth-order valence-corrected chi connectivity index (χ4v) is 1.52. The maximum Gasteiger partial charge on any atom is 0.249 e. The van der Waals surface area contributed by atoms with Crippen molar-refractivity contribution in [2.75, 3.05) is 12.4 Å². The number of carbonyl (C=O) groups excluding carboxylic acids is 1. The van der Waals surface area contributed by atoms with Crippen LogP contribution in [0.3, 0.4) is 0 Å². The van der Waals surface area contributed by atoms with Crippen LogP contribution in [0, 0.1) is 0 Å². The number of hydrogen-bond acceptors (Lipinski definition) is 2. The van der Waals surface area contributed by atoms with Crippen LogP contribution < -0.4 is 5.32 Å². The highest BCUT2D eigenvalue weighted by atomic mass is 35.5. The zero-order valence-electron chi connectivity index (χ0n) is 7.88. The lowest BCUT2D eigenvalue weighted by atomic mass is 10.2. The number of halogens is 1. The van der Waals surface area contributed by atoms with E-state index in [-0.39, 0.29) is 18.1 Å². The molecular weight excluding hydrogens is 190 g/mol. The van der Waals surface area contributed by atoms with E-state index in [1.165, 1.54) is 0 Å². The smallest absolute Gasteiger partial charge is 0.249 e. The van der Waals surface area contributed by atoms with Crippen molar-refractivity contribution in [1.29, 1.82) is 0 Å². The first kappa shape index (κ1) is 10.8. The summed E-state index contributed by atoms with van der Waals surface area (Å²) in [6, 6.07) is 0. The van der Waals surface area contributed by atoms with Crippen LogP contribution in [0.1, 0.15) is 26.2 Å². The standard InChI is InChI=1S/C9H16ClNO2/c1-7-3-4-8(13-7)9(12)11-6-2-5-10/h7-8H,2-6H2,1H3,(H,11,12). The van der Waals surface area contributed by atoms with Crippen molar-refractivity contribution in [1.82, 2.24) is 5.32 Å². The van der Waals surface area contributed by atoms with Crippen molar-refractivity contribution < 1.29 is 9.53 Å². The highest BCUT2D eigenvalue weighted by molar-refractivity contribution is 6.17. The summed E-state index contributed by atoms with van der Waals surface area (Å²) in [5.74, 6) is 0.594. The Morgan fingerprint density at radius 3 is 2.92 bits per heavy atom. The molecule has 0 aromatic rings. The van der Waals surface area contributed by atoms with E-state index in [0.29, 0.717) is 12.4 Å². The molecule has 4 heteroatoms. The summed E-state index contributed by atoms with van der Waals surface area (Å²) in [5, 5.41) is 2.80. The number of ether oxygens (including phenoxy) is 1. The molecule has 0 saturated carbocycles. The minimum atomic E-state index is -0.231. The second-order valence-electron chi connectivity index (χ2n) is 3.35. The van der Waals surface area contributed by atoms with Gasteiger partial charge in [0.15, 0.2) is 0 Å². The maximum absolute atomic E-state index is 11.4. The molecule has 1 rings (SSSR count). The molecule has 1 N–H and O–H groups in total. The Labute approximate surface area is 83.8 Å². The SMILES string of the molecule is CC1CCC(C(=O)NCCCCl)O1. The van der Waals surface area contributed by atoms with Crippen LogP contribution in [-0.4, -0.2) is 30.5 Å². The Bertz CT molecular complexity index is 175. The van der Waals surface area contributed by atoms with Crippen LogP contribution in [0.5, 0.6) is 0 Å². The van der Waals surface area contributed by atoms with Crippen molar-refractivity contribution in [3.63, 3.8) is 0 Å². The van der Waals surface area contributed by atoms with E-state index in [1.54, 1.807) is 0 Å². The quantitative estimate of drug-likeness (QED) is 0.555. The summed E-state index contributed by atoms with van der Waals surface area (Å²) in [7, 11) is 0. The third kappa shape index (κ3) is 3.53. The predicted molar refractivity (Wildman–Crippen MR) is 51.9 cm³/mol. The minimum absolute atomic E-state index is 0.00877. The van der Waals surface area contributed by atoms with E-state index < -0.39 is 0 Å². The number of rotatable bonds is 4. The summed E-state index contributed by atoms with van der Waals surface area (Å²) < 4.78 is 5.41. The molecule has 13 heavy (non-hydrogen) atoms. The maximum atomic E-state index is 11.4. The highest BCUT2D eigenvalue weighted by Crippen LogP contribution is 2.18. The molecule has 0 bridgehead atoms. The van der Waals surface area contributed by atoms with Gasteiger partial charge in [0.25, 0.3) is 0 Å². The van der Waals surface area contributed by atoms with Gasteiger partial charge in [0.1, 0.15) is 6.10 Å². The molecule has 0 aromatic carbocycles. The van der Waals surface area contributed by atoms with Gasteiger partial charge in [0.2, 0.25) is 5.91 Å². The first-order chi connectivity index (χ1) is 6.24. The fourth-order valence-electron chi connectivity index (χ4n) is 1.39. The van der Waals surface area contributed by atoms with Crippen molar-refractivity contribution in [2.24, 2.45) is 0 Å². The normalized spacial score (nSPS) is 27.5. The minimum Gasteiger partial charge on any atom is -0.365 e. The van der Waals surface area contributed by atoms with Crippen molar-refractivity contribution in [2.45, 2.75) is 38.4 Å². The highest BCUT2D eigenvalue weighted by Gasteiger charge is 2.27. The van der Waals surface area contributed by atoms with Gasteiger partial charge in [-0.15, -0.1) is 11.6 Å². The molecule has 1 heterocycles. The third-order valence-electron chi connectivity index (χ3n) is 2.13. The van der Waals surface area contributed by atoms with Crippen molar-refractivity contribution in [3.8, 4) is 0 Å². The summed E-state index contributed by atoms with van der Waals surface area (Å²) in [5.41, 5.74) is 0. The molecule has 0 aromatic heterocycles. The summed E-state index contributed by atoms with van der Waals surface area (Å²) in [6.07, 6.45) is 2.63. The van der Waals surface area contributed by atoms with Gasteiger partial charge in [-0.2, -0.15) is 0 Å². The van der Waals surface area contributed by atoms with Gasteiger partial charge in [0.05, 0.1) is 6.10 Å². The predicted octanol–water partition coefficient (Wildman–Crippen LogP) is 1.30. The van der Waals surface area contributed by atoms with Crippen LogP contribution in [-0.2, 0) is 9.53 Å². The lowest BCUT2D eigenvalue weighted by Crippen LogP contribution is -2.35. The molecule has 0 radical (unpaired) electrons. The first-order valence-corrected chi connectivity index (χ1v) is 5.26. The van der Waals surface area contributed by atoms with Crippen LogP contribution in [0.15, 0.2) is 0 Å². The van der Waals surface area contributed by atoms with Gasteiger partial charge < -0.3 is 10.1 Å².